The lowest BCUT2D eigenvalue weighted by Gasteiger charge is -2.06. The molecular formula is C18H16N4O. The lowest BCUT2D eigenvalue weighted by atomic mass is 10.1. The van der Waals surface area contributed by atoms with Gasteiger partial charge >= 0.3 is 0 Å². The van der Waals surface area contributed by atoms with Gasteiger partial charge in [0.1, 0.15) is 11.6 Å². The summed E-state index contributed by atoms with van der Waals surface area (Å²) in [7, 11) is 0. The number of nitrogens with one attached hydrogen (secondary N) is 2. The monoisotopic (exact) mass is 304 g/mol. The van der Waals surface area contributed by atoms with Crippen LogP contribution in [0.1, 0.15) is 5.56 Å². The highest BCUT2D eigenvalue weighted by atomic mass is 16.5. The number of ether oxygens (including phenoxy) is 1. The minimum atomic E-state index is -0.00407. The molecule has 5 nitrogen and oxygen atoms in total. The van der Waals surface area contributed by atoms with Crippen LogP contribution in [0.3, 0.4) is 0 Å². The van der Waals surface area contributed by atoms with Gasteiger partial charge in [0.15, 0.2) is 0 Å². The molecule has 0 saturated heterocycles. The molecule has 0 aliphatic heterocycles. The van der Waals surface area contributed by atoms with Crippen LogP contribution >= 0.6 is 0 Å². The number of aromatic nitrogens is 1. The van der Waals surface area contributed by atoms with E-state index in [0.717, 1.165) is 11.3 Å². The van der Waals surface area contributed by atoms with E-state index >= 15 is 0 Å². The van der Waals surface area contributed by atoms with Gasteiger partial charge in [0.05, 0.1) is 5.56 Å². The minimum absolute atomic E-state index is 0.00407. The van der Waals surface area contributed by atoms with Crippen LogP contribution in [-0.2, 0) is 0 Å². The molecule has 0 saturated carbocycles. The summed E-state index contributed by atoms with van der Waals surface area (Å²) >= 11 is 0. The van der Waals surface area contributed by atoms with Crippen LogP contribution in [0.25, 0.3) is 11.3 Å². The van der Waals surface area contributed by atoms with Crippen LogP contribution in [0.5, 0.6) is 5.75 Å². The fraction of sp³-hybridized carbons (Fsp3) is 0. The molecule has 3 aromatic rings. The van der Waals surface area contributed by atoms with Gasteiger partial charge in [0.25, 0.3) is 0 Å². The van der Waals surface area contributed by atoms with Gasteiger partial charge in [-0.1, -0.05) is 30.3 Å². The number of benzene rings is 2. The summed E-state index contributed by atoms with van der Waals surface area (Å²) in [4.78, 5) is 7.10. The third-order valence-electron chi connectivity index (χ3n) is 3.38. The number of anilines is 1. The van der Waals surface area contributed by atoms with E-state index in [4.69, 9.17) is 15.9 Å². The Kier molecular flexibility index (Phi) is 3.93. The van der Waals surface area contributed by atoms with Crippen molar-refractivity contribution in [3.63, 3.8) is 0 Å². The summed E-state index contributed by atoms with van der Waals surface area (Å²) in [5.74, 6) is 1.04. The first-order valence-electron chi connectivity index (χ1n) is 7.05. The maximum absolute atomic E-state index is 8.18. The highest BCUT2D eigenvalue weighted by Gasteiger charge is 2.14. The molecule has 0 radical (unpaired) electrons. The SMILES string of the molecule is C=Nc1[nH]c(-c2ccccc2)cc1C(=N)Oc1ccc(N)cc1. The van der Waals surface area contributed by atoms with Crippen LogP contribution in [0.2, 0.25) is 0 Å². The first-order chi connectivity index (χ1) is 11.2. The molecule has 0 spiro atoms. The van der Waals surface area contributed by atoms with Crippen LogP contribution in [-0.4, -0.2) is 17.6 Å². The predicted molar refractivity (Wildman–Crippen MR) is 93.7 cm³/mol. The largest absolute Gasteiger partial charge is 0.439 e. The van der Waals surface area contributed by atoms with Gasteiger partial charge in [-0.15, -0.1) is 0 Å². The predicted octanol–water partition coefficient (Wildman–Crippen LogP) is 4.00. The van der Waals surface area contributed by atoms with Crippen molar-refractivity contribution in [2.75, 3.05) is 5.73 Å². The smallest absolute Gasteiger partial charge is 0.223 e. The van der Waals surface area contributed by atoms with Crippen molar-refractivity contribution in [2.24, 2.45) is 4.99 Å². The van der Waals surface area contributed by atoms with Crippen molar-refractivity contribution in [1.82, 2.24) is 4.98 Å². The Labute approximate surface area is 134 Å². The van der Waals surface area contributed by atoms with Gasteiger partial charge < -0.3 is 15.5 Å². The van der Waals surface area contributed by atoms with Crippen LogP contribution in [0.4, 0.5) is 11.5 Å². The minimum Gasteiger partial charge on any atom is -0.439 e. The normalized spacial score (nSPS) is 10.3. The van der Waals surface area contributed by atoms with Crippen molar-refractivity contribution in [1.29, 1.82) is 5.41 Å². The van der Waals surface area contributed by atoms with E-state index in [0.29, 0.717) is 22.8 Å². The third-order valence-corrected chi connectivity index (χ3v) is 3.38. The summed E-state index contributed by atoms with van der Waals surface area (Å²) in [6, 6.07) is 18.5. The zero-order valence-electron chi connectivity index (χ0n) is 12.4. The van der Waals surface area contributed by atoms with E-state index in [2.05, 4.69) is 16.7 Å². The number of nitrogens with two attached hydrogens (primary N) is 1. The van der Waals surface area contributed by atoms with E-state index in [-0.39, 0.29) is 5.90 Å². The summed E-state index contributed by atoms with van der Waals surface area (Å²) in [5.41, 5.74) is 8.70. The Balaban J connectivity index is 1.89. The zero-order valence-corrected chi connectivity index (χ0v) is 12.4. The van der Waals surface area contributed by atoms with Crippen molar-refractivity contribution in [2.45, 2.75) is 0 Å². The van der Waals surface area contributed by atoms with E-state index in [9.17, 15) is 0 Å². The van der Waals surface area contributed by atoms with Gasteiger partial charge in [-0.3, -0.25) is 5.41 Å². The fourth-order valence-corrected chi connectivity index (χ4v) is 2.22. The molecule has 0 amide bonds. The number of hydrogen-bond donors (Lipinski definition) is 3. The molecule has 3 rings (SSSR count). The van der Waals surface area contributed by atoms with Crippen LogP contribution in [0, 0.1) is 5.41 Å². The van der Waals surface area contributed by atoms with Crippen molar-refractivity contribution < 1.29 is 4.74 Å². The second-order valence-corrected chi connectivity index (χ2v) is 4.97. The van der Waals surface area contributed by atoms with Crippen molar-refractivity contribution in [3.05, 3.63) is 66.2 Å². The summed E-state index contributed by atoms with van der Waals surface area (Å²) in [6.07, 6.45) is 0. The van der Waals surface area contributed by atoms with E-state index in [1.165, 1.54) is 0 Å². The number of aliphatic imine (C=N–C) groups is 1. The van der Waals surface area contributed by atoms with Crippen LogP contribution in [0.15, 0.2) is 65.7 Å². The maximum Gasteiger partial charge on any atom is 0.223 e. The second kappa shape index (κ2) is 6.19. The zero-order chi connectivity index (χ0) is 16.2. The summed E-state index contributed by atoms with van der Waals surface area (Å²) < 4.78 is 5.57. The molecule has 5 heteroatoms. The third kappa shape index (κ3) is 3.13. The van der Waals surface area contributed by atoms with Crippen molar-refractivity contribution >= 4 is 24.1 Å². The number of nitrogen functional groups attached to an aromatic ring is 1. The Hall–Kier alpha value is -3.34. The summed E-state index contributed by atoms with van der Waals surface area (Å²) in [6.45, 7) is 3.55. The Morgan fingerprint density at radius 1 is 1.09 bits per heavy atom. The number of rotatable bonds is 4. The Bertz CT molecular complexity index is 835. The standard InChI is InChI=1S/C18H16N4O/c1-21-18-15(11-16(22-18)12-5-3-2-4-6-12)17(20)23-14-9-7-13(19)8-10-14/h2-11,20,22H,1,19H2. The molecule has 0 aliphatic carbocycles. The molecule has 4 N–H and O–H groups in total. The van der Waals surface area contributed by atoms with Gasteiger partial charge in [-0.2, -0.15) is 0 Å². The topological polar surface area (TPSA) is 87.2 Å². The maximum atomic E-state index is 8.18. The number of hydrogen-bond acceptors (Lipinski definition) is 4. The molecule has 0 bridgehead atoms. The highest BCUT2D eigenvalue weighted by Crippen LogP contribution is 2.27. The van der Waals surface area contributed by atoms with E-state index < -0.39 is 0 Å². The molecule has 2 aromatic carbocycles. The lowest BCUT2D eigenvalue weighted by molar-refractivity contribution is 0.548. The Morgan fingerprint density at radius 2 is 1.78 bits per heavy atom. The summed E-state index contributed by atoms with van der Waals surface area (Å²) in [5, 5.41) is 8.18. The quantitative estimate of drug-likeness (QED) is 0.386. The average Bonchev–Trinajstić information content (AvgIpc) is 3.02. The van der Waals surface area contributed by atoms with Gasteiger partial charge in [0, 0.05) is 11.4 Å². The van der Waals surface area contributed by atoms with Gasteiger partial charge in [0.2, 0.25) is 5.90 Å². The second-order valence-electron chi connectivity index (χ2n) is 4.97. The Morgan fingerprint density at radius 3 is 2.43 bits per heavy atom. The number of aromatic amines is 1. The fourth-order valence-electron chi connectivity index (χ4n) is 2.22. The molecular weight excluding hydrogens is 288 g/mol. The number of nitrogens with zero attached hydrogens (tertiary/aromatic N) is 1. The molecule has 114 valence electrons. The average molecular weight is 304 g/mol. The highest BCUT2D eigenvalue weighted by molar-refractivity contribution is 5.99. The molecule has 1 aromatic heterocycles. The molecule has 0 unspecified atom stereocenters. The molecule has 23 heavy (non-hydrogen) atoms. The van der Waals surface area contributed by atoms with Gasteiger partial charge in [-0.25, -0.2) is 4.99 Å². The first-order valence-corrected chi connectivity index (χ1v) is 7.05. The van der Waals surface area contributed by atoms with Crippen LogP contribution < -0.4 is 10.5 Å². The van der Waals surface area contributed by atoms with Crippen molar-refractivity contribution in [3.8, 4) is 17.0 Å². The van der Waals surface area contributed by atoms with E-state index in [1.807, 2.05) is 36.4 Å². The molecule has 0 atom stereocenters. The van der Waals surface area contributed by atoms with E-state index in [1.54, 1.807) is 24.3 Å². The molecule has 0 fully saturated rings. The lowest BCUT2D eigenvalue weighted by Crippen LogP contribution is -2.07. The number of H-pyrrole nitrogens is 1. The molecule has 0 aliphatic rings. The van der Waals surface area contributed by atoms with Gasteiger partial charge in [-0.05, 0) is 42.6 Å². The molecule has 1 heterocycles. The first kappa shape index (κ1) is 14.6.